The van der Waals surface area contributed by atoms with Crippen LogP contribution in [0.25, 0.3) is 6.08 Å². The minimum Gasteiger partial charge on any atom is -0.438 e. The van der Waals surface area contributed by atoms with E-state index in [2.05, 4.69) is 6.58 Å². The first-order chi connectivity index (χ1) is 5.38. The second-order valence-corrected chi connectivity index (χ2v) is 3.32. The maximum Gasteiger partial charge on any atom is 0.161 e. The molecule has 0 bridgehead atoms. The van der Waals surface area contributed by atoms with Crippen molar-refractivity contribution in [2.75, 3.05) is 0 Å². The van der Waals surface area contributed by atoms with Crippen LogP contribution in [-0.2, 0) is 6.04 Å². The van der Waals surface area contributed by atoms with Crippen molar-refractivity contribution in [1.29, 1.82) is 0 Å². The molecule has 0 fully saturated rings. The van der Waals surface area contributed by atoms with Crippen LogP contribution in [0.15, 0.2) is 30.8 Å². The fourth-order valence-electron chi connectivity index (χ4n) is 1.08. The van der Waals surface area contributed by atoms with Crippen molar-refractivity contribution < 1.29 is 4.80 Å². The van der Waals surface area contributed by atoms with Crippen LogP contribution in [-0.4, -0.2) is 14.6 Å². The Morgan fingerprint density at radius 1 is 1.45 bits per heavy atom. The summed E-state index contributed by atoms with van der Waals surface area (Å²) in [5.74, 6) is 0. The second-order valence-electron chi connectivity index (χ2n) is 2.38. The Morgan fingerprint density at radius 2 is 2.18 bits per heavy atom. The largest absolute Gasteiger partial charge is 0.438 e. The average Bonchev–Trinajstić information content (AvgIpc) is 2.06. The summed E-state index contributed by atoms with van der Waals surface area (Å²) in [6.07, 6.45) is 1.83. The van der Waals surface area contributed by atoms with Gasteiger partial charge in [-0.2, -0.15) is 0 Å². The number of hydrogen-bond acceptors (Lipinski definition) is 1. The zero-order chi connectivity index (χ0) is 8.10. The molecule has 11 heavy (non-hydrogen) atoms. The summed E-state index contributed by atoms with van der Waals surface area (Å²) < 4.78 is 0. The van der Waals surface area contributed by atoms with Crippen molar-refractivity contribution in [1.82, 2.24) is 0 Å². The Kier molecular flexibility index (Phi) is 3.07. The average molecular weight is 164 g/mol. The minimum atomic E-state index is -0.863. The van der Waals surface area contributed by atoms with Crippen molar-refractivity contribution >= 4 is 15.8 Å². The summed E-state index contributed by atoms with van der Waals surface area (Å²) in [5, 5.41) is 0. The Labute approximate surface area is 69.3 Å². The fourth-order valence-corrected chi connectivity index (χ4v) is 1.78. The molecular weight excluding hydrogens is 152 g/mol. The highest BCUT2D eigenvalue weighted by Gasteiger charge is 1.95. The highest BCUT2D eigenvalue weighted by Crippen LogP contribution is 2.09. The molecule has 58 valence electrons. The first kappa shape index (κ1) is 8.24. The van der Waals surface area contributed by atoms with Crippen molar-refractivity contribution in [3.8, 4) is 0 Å². The smallest absolute Gasteiger partial charge is 0.161 e. The van der Waals surface area contributed by atoms with Crippen LogP contribution in [0.1, 0.15) is 11.1 Å². The maximum absolute atomic E-state index is 8.84. The molecule has 0 atom stereocenters. The molecule has 0 saturated carbocycles. The summed E-state index contributed by atoms with van der Waals surface area (Å²) in [6, 6.07) is 8.89. The van der Waals surface area contributed by atoms with Crippen molar-refractivity contribution in [3.05, 3.63) is 42.0 Å². The standard InChI is InChI=1S/C9H12OSi/c1-2-8-5-3-4-6-9(8)7-11-10/h2-6,10H,1,7,11H2. The van der Waals surface area contributed by atoms with Gasteiger partial charge in [-0.15, -0.1) is 0 Å². The number of benzene rings is 1. The van der Waals surface area contributed by atoms with E-state index in [1.54, 1.807) is 0 Å². The SMILES string of the molecule is C=Cc1ccccc1C[SiH2]O. The molecule has 0 spiro atoms. The van der Waals surface area contributed by atoms with Gasteiger partial charge < -0.3 is 4.80 Å². The molecule has 1 rings (SSSR count). The third kappa shape index (κ3) is 2.03. The van der Waals surface area contributed by atoms with Crippen molar-refractivity contribution in [2.24, 2.45) is 0 Å². The predicted octanol–water partition coefficient (Wildman–Crippen LogP) is 0.906. The lowest BCUT2D eigenvalue weighted by Gasteiger charge is -2.01. The van der Waals surface area contributed by atoms with E-state index >= 15 is 0 Å². The molecule has 0 amide bonds. The first-order valence-corrected chi connectivity index (χ1v) is 5.33. The van der Waals surface area contributed by atoms with Gasteiger partial charge in [0.15, 0.2) is 9.76 Å². The zero-order valence-corrected chi connectivity index (χ0v) is 7.87. The van der Waals surface area contributed by atoms with Gasteiger partial charge in [0.25, 0.3) is 0 Å². The Balaban J connectivity index is 2.92. The lowest BCUT2D eigenvalue weighted by Crippen LogP contribution is -1.96. The summed E-state index contributed by atoms with van der Waals surface area (Å²) in [6.45, 7) is 3.71. The molecule has 0 heterocycles. The first-order valence-electron chi connectivity index (χ1n) is 3.69. The third-order valence-corrected chi connectivity index (χ3v) is 2.42. The maximum atomic E-state index is 8.84. The van der Waals surface area contributed by atoms with Crippen LogP contribution in [0.4, 0.5) is 0 Å². The molecule has 2 heteroatoms. The third-order valence-electron chi connectivity index (χ3n) is 1.66. The van der Waals surface area contributed by atoms with E-state index < -0.39 is 9.76 Å². The van der Waals surface area contributed by atoms with Crippen molar-refractivity contribution in [3.63, 3.8) is 0 Å². The monoisotopic (exact) mass is 164 g/mol. The van der Waals surface area contributed by atoms with Crippen LogP contribution in [0.2, 0.25) is 0 Å². The van der Waals surface area contributed by atoms with Crippen LogP contribution < -0.4 is 0 Å². The van der Waals surface area contributed by atoms with Crippen LogP contribution in [0.5, 0.6) is 0 Å². The van der Waals surface area contributed by atoms with Gasteiger partial charge in [-0.3, -0.25) is 0 Å². The Hall–Kier alpha value is -0.863. The molecule has 0 aromatic heterocycles. The van der Waals surface area contributed by atoms with Crippen molar-refractivity contribution in [2.45, 2.75) is 6.04 Å². The molecule has 1 nitrogen and oxygen atoms in total. The number of hydrogen-bond donors (Lipinski definition) is 1. The fraction of sp³-hybridized carbons (Fsp3) is 0.111. The van der Waals surface area contributed by atoms with Gasteiger partial charge in [0, 0.05) is 0 Å². The molecule has 0 aliphatic carbocycles. The quantitative estimate of drug-likeness (QED) is 0.658. The number of rotatable bonds is 3. The van der Waals surface area contributed by atoms with E-state index in [9.17, 15) is 0 Å². The predicted molar refractivity (Wildman–Crippen MR) is 51.0 cm³/mol. The summed E-state index contributed by atoms with van der Waals surface area (Å²) in [7, 11) is -0.863. The molecule has 1 aromatic rings. The molecule has 0 saturated heterocycles. The van der Waals surface area contributed by atoms with E-state index in [1.807, 2.05) is 30.3 Å². The van der Waals surface area contributed by atoms with E-state index in [4.69, 9.17) is 4.80 Å². The molecule has 0 aliphatic heterocycles. The van der Waals surface area contributed by atoms with Crippen LogP contribution in [0, 0.1) is 0 Å². The topological polar surface area (TPSA) is 20.2 Å². The lowest BCUT2D eigenvalue weighted by molar-refractivity contribution is 0.600. The van der Waals surface area contributed by atoms with Crippen LogP contribution in [0.3, 0.4) is 0 Å². The van der Waals surface area contributed by atoms with Gasteiger partial charge in [-0.25, -0.2) is 0 Å². The van der Waals surface area contributed by atoms with E-state index in [-0.39, 0.29) is 0 Å². The summed E-state index contributed by atoms with van der Waals surface area (Å²) in [5.41, 5.74) is 2.37. The van der Waals surface area contributed by atoms with Gasteiger partial charge in [-0.05, 0) is 17.2 Å². The molecular formula is C9H12OSi. The Bertz CT molecular complexity index is 245. The van der Waals surface area contributed by atoms with Gasteiger partial charge >= 0.3 is 0 Å². The van der Waals surface area contributed by atoms with E-state index in [0.717, 1.165) is 11.6 Å². The van der Waals surface area contributed by atoms with Gasteiger partial charge in [0.05, 0.1) is 0 Å². The molecule has 0 unspecified atom stereocenters. The highest BCUT2D eigenvalue weighted by molar-refractivity contribution is 6.24. The molecule has 0 radical (unpaired) electrons. The Morgan fingerprint density at radius 3 is 2.82 bits per heavy atom. The van der Waals surface area contributed by atoms with Gasteiger partial charge in [0.2, 0.25) is 0 Å². The van der Waals surface area contributed by atoms with E-state index in [1.165, 1.54) is 5.56 Å². The molecule has 0 aliphatic rings. The van der Waals surface area contributed by atoms with E-state index in [0.29, 0.717) is 0 Å². The lowest BCUT2D eigenvalue weighted by atomic mass is 10.1. The minimum absolute atomic E-state index is 0.849. The van der Waals surface area contributed by atoms with Gasteiger partial charge in [-0.1, -0.05) is 36.9 Å². The van der Waals surface area contributed by atoms with Gasteiger partial charge in [0.1, 0.15) is 0 Å². The zero-order valence-electron chi connectivity index (χ0n) is 6.46. The van der Waals surface area contributed by atoms with Crippen LogP contribution >= 0.6 is 0 Å². The summed E-state index contributed by atoms with van der Waals surface area (Å²) in [4.78, 5) is 8.84. The highest BCUT2D eigenvalue weighted by atomic mass is 28.2. The molecule has 1 aromatic carbocycles. The molecule has 1 N–H and O–H groups in total. The second kappa shape index (κ2) is 4.11. The summed E-state index contributed by atoms with van der Waals surface area (Å²) >= 11 is 0. The normalized spacial score (nSPS) is 10.6.